The summed E-state index contributed by atoms with van der Waals surface area (Å²) in [7, 11) is 0. The van der Waals surface area contributed by atoms with E-state index in [-0.39, 0.29) is 11.0 Å². The molecule has 0 amide bonds. The van der Waals surface area contributed by atoms with Gasteiger partial charge in [-0.2, -0.15) is 0 Å². The predicted molar refractivity (Wildman–Crippen MR) is 120 cm³/mol. The summed E-state index contributed by atoms with van der Waals surface area (Å²) in [6.45, 7) is 9.21. The fourth-order valence-electron chi connectivity index (χ4n) is 3.81. The smallest absolute Gasteiger partial charge is 0.179 e. The molecule has 1 aromatic heterocycles. The van der Waals surface area contributed by atoms with Crippen molar-refractivity contribution in [3.05, 3.63) is 76.3 Å². The molecule has 3 aromatic rings. The topological polar surface area (TPSA) is 41.3 Å². The number of benzene rings is 2. The summed E-state index contributed by atoms with van der Waals surface area (Å²) in [6, 6.07) is 9.31. The Balaban J connectivity index is 1.47. The van der Waals surface area contributed by atoms with E-state index in [1.54, 1.807) is 6.92 Å². The van der Waals surface area contributed by atoms with Gasteiger partial charge in [0.15, 0.2) is 17.5 Å². The van der Waals surface area contributed by atoms with Crippen LogP contribution in [-0.2, 0) is 18.4 Å². The van der Waals surface area contributed by atoms with E-state index in [1.807, 2.05) is 17.0 Å². The Bertz CT molecular complexity index is 1130. The zero-order chi connectivity index (χ0) is 23.0. The lowest BCUT2D eigenvalue weighted by Gasteiger charge is -2.34. The molecule has 1 aliphatic rings. The SMILES string of the molecule is CC(c1cc(F)cc(F)c1F)N1CCc2ccc(SNc3cc(C(C)(C)C)on3)cc2C1. The maximum atomic E-state index is 14.3. The second kappa shape index (κ2) is 8.83. The van der Waals surface area contributed by atoms with Crippen molar-refractivity contribution >= 4 is 17.8 Å². The van der Waals surface area contributed by atoms with Crippen molar-refractivity contribution in [2.24, 2.45) is 0 Å². The van der Waals surface area contributed by atoms with Crippen molar-refractivity contribution in [3.63, 3.8) is 0 Å². The average Bonchev–Trinajstić information content (AvgIpc) is 3.23. The van der Waals surface area contributed by atoms with Gasteiger partial charge in [-0.1, -0.05) is 32.0 Å². The molecule has 2 aromatic carbocycles. The van der Waals surface area contributed by atoms with Crippen molar-refractivity contribution in [1.29, 1.82) is 0 Å². The van der Waals surface area contributed by atoms with E-state index in [4.69, 9.17) is 4.52 Å². The van der Waals surface area contributed by atoms with Crippen LogP contribution < -0.4 is 4.72 Å². The summed E-state index contributed by atoms with van der Waals surface area (Å²) >= 11 is 1.43. The van der Waals surface area contributed by atoms with E-state index in [2.05, 4.69) is 42.8 Å². The molecule has 1 aliphatic heterocycles. The van der Waals surface area contributed by atoms with Crippen LogP contribution in [0.5, 0.6) is 0 Å². The summed E-state index contributed by atoms with van der Waals surface area (Å²) in [5.41, 5.74) is 2.26. The Morgan fingerprint density at radius 1 is 1.09 bits per heavy atom. The second-order valence-electron chi connectivity index (χ2n) is 9.15. The van der Waals surface area contributed by atoms with E-state index in [0.29, 0.717) is 25.0 Å². The molecule has 0 spiro atoms. The van der Waals surface area contributed by atoms with Gasteiger partial charge < -0.3 is 9.25 Å². The molecule has 0 aliphatic carbocycles. The van der Waals surface area contributed by atoms with Gasteiger partial charge in [0.1, 0.15) is 11.6 Å². The van der Waals surface area contributed by atoms with Crippen molar-refractivity contribution in [2.75, 3.05) is 11.3 Å². The molecule has 1 atom stereocenters. The van der Waals surface area contributed by atoms with E-state index in [9.17, 15) is 13.2 Å². The first kappa shape index (κ1) is 22.7. The minimum absolute atomic E-state index is 0.0406. The number of rotatable bonds is 5. The van der Waals surface area contributed by atoms with Crippen molar-refractivity contribution in [3.8, 4) is 0 Å². The van der Waals surface area contributed by atoms with E-state index in [1.165, 1.54) is 17.5 Å². The van der Waals surface area contributed by atoms with Gasteiger partial charge in [0, 0.05) is 47.1 Å². The molecular weight excluding hydrogens is 435 g/mol. The monoisotopic (exact) mass is 461 g/mol. The third kappa shape index (κ3) is 4.81. The van der Waals surface area contributed by atoms with Crippen molar-refractivity contribution in [2.45, 2.75) is 57.0 Å². The zero-order valence-electron chi connectivity index (χ0n) is 18.5. The molecule has 170 valence electrons. The Hall–Kier alpha value is -2.45. The van der Waals surface area contributed by atoms with E-state index < -0.39 is 23.5 Å². The van der Waals surface area contributed by atoms with Crippen LogP contribution in [-0.4, -0.2) is 16.6 Å². The minimum atomic E-state index is -1.16. The number of nitrogens with zero attached hydrogens (tertiary/aromatic N) is 2. The lowest BCUT2D eigenvalue weighted by atomic mass is 9.93. The van der Waals surface area contributed by atoms with Gasteiger partial charge in [-0.3, -0.25) is 4.90 Å². The zero-order valence-corrected chi connectivity index (χ0v) is 19.3. The first-order chi connectivity index (χ1) is 15.1. The Kier molecular flexibility index (Phi) is 6.27. The summed E-state index contributed by atoms with van der Waals surface area (Å²) in [6.07, 6.45) is 0.787. The molecule has 1 N–H and O–H groups in total. The minimum Gasteiger partial charge on any atom is -0.359 e. The van der Waals surface area contributed by atoms with Gasteiger partial charge in [-0.15, -0.1) is 0 Å². The van der Waals surface area contributed by atoms with Gasteiger partial charge in [-0.05, 0) is 54.6 Å². The lowest BCUT2D eigenvalue weighted by Crippen LogP contribution is -2.33. The van der Waals surface area contributed by atoms with Crippen LogP contribution in [0.25, 0.3) is 0 Å². The molecule has 4 nitrogen and oxygen atoms in total. The largest absolute Gasteiger partial charge is 0.359 e. The molecule has 0 saturated carbocycles. The molecule has 2 heterocycles. The first-order valence-corrected chi connectivity index (χ1v) is 11.3. The summed E-state index contributed by atoms with van der Waals surface area (Å²) in [5.74, 6) is -1.46. The van der Waals surface area contributed by atoms with Crippen LogP contribution in [0.15, 0.2) is 45.8 Å². The quantitative estimate of drug-likeness (QED) is 0.341. The lowest BCUT2D eigenvalue weighted by molar-refractivity contribution is 0.187. The summed E-state index contributed by atoms with van der Waals surface area (Å²) in [4.78, 5) is 3.04. The number of hydrogen-bond donors (Lipinski definition) is 1. The van der Waals surface area contributed by atoms with Crippen LogP contribution >= 0.6 is 11.9 Å². The third-order valence-corrected chi connectivity index (χ3v) is 6.56. The van der Waals surface area contributed by atoms with Crippen molar-refractivity contribution in [1.82, 2.24) is 10.1 Å². The number of fused-ring (bicyclic) bond motifs is 1. The van der Waals surface area contributed by atoms with Crippen molar-refractivity contribution < 1.29 is 17.7 Å². The molecule has 0 bridgehead atoms. The number of nitrogens with one attached hydrogen (secondary N) is 1. The molecule has 32 heavy (non-hydrogen) atoms. The standard InChI is InChI=1S/C24H26F3N3OS/c1-14(19-10-17(25)11-20(26)23(19)27)30-8-7-15-5-6-18(9-16(15)13-30)32-29-22-12-21(31-28-22)24(2,3)4/h5-6,9-12,14H,7-8,13H2,1-4H3,(H,28,29). The summed E-state index contributed by atoms with van der Waals surface area (Å²) in [5, 5.41) is 4.06. The number of aromatic nitrogens is 1. The highest BCUT2D eigenvalue weighted by molar-refractivity contribution is 8.00. The molecule has 0 radical (unpaired) electrons. The van der Waals surface area contributed by atoms with E-state index in [0.717, 1.165) is 28.7 Å². The number of halogens is 3. The predicted octanol–water partition coefficient (Wildman–Crippen LogP) is 6.63. The van der Waals surface area contributed by atoms with Gasteiger partial charge in [0.05, 0.1) is 0 Å². The Labute approximate surface area is 190 Å². The maximum Gasteiger partial charge on any atom is 0.179 e. The molecule has 1 unspecified atom stereocenters. The first-order valence-electron chi connectivity index (χ1n) is 10.5. The maximum absolute atomic E-state index is 14.3. The highest BCUT2D eigenvalue weighted by atomic mass is 32.2. The van der Waals surface area contributed by atoms with Gasteiger partial charge in [0.2, 0.25) is 0 Å². The van der Waals surface area contributed by atoms with Crippen LogP contribution in [0.4, 0.5) is 19.0 Å². The average molecular weight is 462 g/mol. The van der Waals surface area contributed by atoms with Crippen LogP contribution in [0.1, 0.15) is 56.2 Å². The highest BCUT2D eigenvalue weighted by Gasteiger charge is 2.26. The molecule has 0 fully saturated rings. The molecule has 8 heteroatoms. The van der Waals surface area contributed by atoms with E-state index >= 15 is 0 Å². The molecule has 4 rings (SSSR count). The normalized spacial score (nSPS) is 15.5. The second-order valence-corrected chi connectivity index (χ2v) is 10.0. The van der Waals surface area contributed by atoms with Gasteiger partial charge in [0.25, 0.3) is 0 Å². The fourth-order valence-corrected chi connectivity index (χ4v) is 4.47. The van der Waals surface area contributed by atoms with Gasteiger partial charge in [-0.25, -0.2) is 13.2 Å². The van der Waals surface area contributed by atoms with Crippen LogP contribution in [0.3, 0.4) is 0 Å². The fraction of sp³-hybridized carbons (Fsp3) is 0.375. The highest BCUT2D eigenvalue weighted by Crippen LogP contribution is 2.33. The summed E-state index contributed by atoms with van der Waals surface area (Å²) < 4.78 is 50.3. The number of anilines is 1. The van der Waals surface area contributed by atoms with Crippen LogP contribution in [0, 0.1) is 17.5 Å². The Morgan fingerprint density at radius 3 is 2.59 bits per heavy atom. The van der Waals surface area contributed by atoms with Gasteiger partial charge >= 0.3 is 0 Å². The van der Waals surface area contributed by atoms with Crippen LogP contribution in [0.2, 0.25) is 0 Å². The number of hydrogen-bond acceptors (Lipinski definition) is 5. The molecule has 0 saturated heterocycles. The Morgan fingerprint density at radius 2 is 1.88 bits per heavy atom. The molecular formula is C24H26F3N3OS. The third-order valence-electron chi connectivity index (χ3n) is 5.76.